The first kappa shape index (κ1) is 12.0. The van der Waals surface area contributed by atoms with Crippen molar-refractivity contribution in [1.82, 2.24) is 4.57 Å². The van der Waals surface area contributed by atoms with Crippen LogP contribution in [0.15, 0.2) is 9.59 Å². The van der Waals surface area contributed by atoms with E-state index in [1.807, 2.05) is 0 Å². The van der Waals surface area contributed by atoms with Crippen molar-refractivity contribution in [2.24, 2.45) is 0 Å². The second kappa shape index (κ2) is 4.26. The summed E-state index contributed by atoms with van der Waals surface area (Å²) in [7, 11) is 4.95. The van der Waals surface area contributed by atoms with Crippen LogP contribution in [0.3, 0.4) is 0 Å². The number of carboxylic acid groups (broad SMARTS) is 1. The second-order valence-corrected chi connectivity index (χ2v) is 7.78. The van der Waals surface area contributed by atoms with E-state index >= 15 is 0 Å². The highest BCUT2D eigenvalue weighted by atomic mass is 32.9. The zero-order valence-electron chi connectivity index (χ0n) is 8.67. The Morgan fingerprint density at radius 2 is 1.50 bits per heavy atom. The minimum absolute atomic E-state index is 0.0984. The largest absolute Gasteiger partial charge is 0.481 e. The highest BCUT2D eigenvalue weighted by Gasteiger charge is 2.20. The molecule has 9 heteroatoms. The minimum atomic E-state index is -0.942. The van der Waals surface area contributed by atoms with Gasteiger partial charge in [-0.2, -0.15) is 0 Å². The summed E-state index contributed by atoms with van der Waals surface area (Å²) >= 11 is 0. The molecule has 0 unspecified atom stereocenters. The number of aromatic nitrogens is 1. The van der Waals surface area contributed by atoms with Crippen molar-refractivity contribution in [3.05, 3.63) is 19.1 Å². The Morgan fingerprint density at radius 3 is 1.94 bits per heavy atom. The van der Waals surface area contributed by atoms with Crippen LogP contribution in [0.2, 0.25) is 0 Å². The molecule has 3 aromatic rings. The molecule has 0 bridgehead atoms. The molecule has 0 fully saturated rings. The van der Waals surface area contributed by atoms with Gasteiger partial charge in [0.1, 0.15) is 11.0 Å². The topological polar surface area (TPSA) is 76.4 Å². The van der Waals surface area contributed by atoms with Crippen LogP contribution >= 0.6 is 41.4 Å². The first-order chi connectivity index (χ1) is 8.59. The Labute approximate surface area is 114 Å². The average molecular weight is 319 g/mol. The van der Waals surface area contributed by atoms with Gasteiger partial charge < -0.3 is 9.67 Å². The average Bonchev–Trinajstić information content (AvgIpc) is 2.93. The number of carbonyl (C=O) groups is 1. The molecule has 0 amide bonds. The monoisotopic (exact) mass is 319 g/mol. The molecule has 0 aromatic carbocycles. The van der Waals surface area contributed by atoms with Crippen LogP contribution in [-0.2, 0) is 11.3 Å². The third-order valence-electron chi connectivity index (χ3n) is 2.51. The van der Waals surface area contributed by atoms with E-state index in [-0.39, 0.29) is 22.5 Å². The fourth-order valence-electron chi connectivity index (χ4n) is 1.80. The molecule has 0 radical (unpaired) electrons. The van der Waals surface area contributed by atoms with Crippen LogP contribution < -0.4 is 9.48 Å². The molecular weight excluding hydrogens is 314 g/mol. The molecule has 18 heavy (non-hydrogen) atoms. The Kier molecular flexibility index (Phi) is 2.85. The predicted octanol–water partition coefficient (Wildman–Crippen LogP) is 2.24. The van der Waals surface area contributed by atoms with E-state index in [1.54, 1.807) is 4.57 Å². The lowest BCUT2D eigenvalue weighted by molar-refractivity contribution is -0.137. The van der Waals surface area contributed by atoms with Gasteiger partial charge in [0.25, 0.3) is 9.48 Å². The van der Waals surface area contributed by atoms with Gasteiger partial charge in [-0.3, -0.25) is 14.4 Å². The van der Waals surface area contributed by atoms with Crippen molar-refractivity contribution in [3.63, 3.8) is 0 Å². The lowest BCUT2D eigenvalue weighted by atomic mass is 10.4. The van der Waals surface area contributed by atoms with Crippen molar-refractivity contribution in [1.29, 1.82) is 0 Å². The molecule has 0 aliphatic rings. The lowest BCUT2D eigenvalue weighted by Crippen LogP contribution is -2.10. The number of fused-ring (bicyclic) bond motifs is 3. The number of aliphatic carboxylic acids is 1. The van der Waals surface area contributed by atoms with Gasteiger partial charge in [0.05, 0.1) is 15.8 Å². The van der Waals surface area contributed by atoms with Crippen LogP contribution in [-0.4, -0.2) is 15.6 Å². The summed E-state index contributed by atoms with van der Waals surface area (Å²) in [6.45, 7) is 0.159. The molecular formula is C9H5NO4S4. The van der Waals surface area contributed by atoms with Gasteiger partial charge in [-0.05, 0) is 20.7 Å². The Balaban J connectivity index is 2.37. The van der Waals surface area contributed by atoms with Gasteiger partial charge in [0.15, 0.2) is 0 Å². The summed E-state index contributed by atoms with van der Waals surface area (Å²) in [5.41, 5.74) is 0.967. The van der Waals surface area contributed by atoms with E-state index in [4.69, 9.17) is 5.11 Å². The van der Waals surface area contributed by atoms with E-state index in [1.165, 1.54) is 20.7 Å². The summed E-state index contributed by atoms with van der Waals surface area (Å²) in [6.07, 6.45) is -0.0984. The minimum Gasteiger partial charge on any atom is -0.481 e. The molecule has 3 heterocycles. The third kappa shape index (κ3) is 1.66. The maximum atomic E-state index is 11.8. The molecule has 0 saturated carbocycles. The van der Waals surface area contributed by atoms with Crippen LogP contribution in [0, 0.1) is 0 Å². The van der Waals surface area contributed by atoms with Crippen LogP contribution in [0.5, 0.6) is 0 Å². The summed E-state index contributed by atoms with van der Waals surface area (Å²) in [4.78, 5) is 34.2. The molecule has 3 rings (SSSR count). The van der Waals surface area contributed by atoms with Gasteiger partial charge in [-0.1, -0.05) is 20.7 Å². The normalized spacial score (nSPS) is 11.6. The Morgan fingerprint density at radius 1 is 1.00 bits per heavy atom. The highest BCUT2D eigenvalue weighted by Crippen LogP contribution is 2.35. The van der Waals surface area contributed by atoms with Crippen LogP contribution in [0.25, 0.3) is 20.4 Å². The zero-order chi connectivity index (χ0) is 12.9. The quantitative estimate of drug-likeness (QED) is 0.751. The first-order valence-corrected chi connectivity index (χ1v) is 9.15. The van der Waals surface area contributed by atoms with E-state index in [0.717, 1.165) is 30.1 Å². The fraction of sp³-hybridized carbons (Fsp3) is 0.222. The van der Waals surface area contributed by atoms with Gasteiger partial charge in [-0.25, -0.2) is 0 Å². The van der Waals surface area contributed by atoms with Crippen molar-refractivity contribution in [2.45, 2.75) is 13.0 Å². The van der Waals surface area contributed by atoms with Crippen LogP contribution in [0.4, 0.5) is 0 Å². The summed E-state index contributed by atoms with van der Waals surface area (Å²) in [6, 6.07) is 0. The molecule has 0 aliphatic heterocycles. The predicted molar refractivity (Wildman–Crippen MR) is 75.7 cm³/mol. The van der Waals surface area contributed by atoms with E-state index in [2.05, 4.69) is 0 Å². The molecule has 0 saturated heterocycles. The van der Waals surface area contributed by atoms with E-state index in [0.29, 0.717) is 11.0 Å². The lowest BCUT2D eigenvalue weighted by Gasteiger charge is -2.00. The van der Waals surface area contributed by atoms with Crippen molar-refractivity contribution in [3.8, 4) is 0 Å². The Bertz CT molecular complexity index is 799. The molecule has 94 valence electrons. The van der Waals surface area contributed by atoms with Gasteiger partial charge >= 0.3 is 5.97 Å². The SMILES string of the molecule is O=C(O)CCn1c2c(=O)ssc2c2ssc(=O)c21. The molecule has 1 N–H and O–H groups in total. The summed E-state index contributed by atoms with van der Waals surface area (Å²) in [5.74, 6) is -0.942. The van der Waals surface area contributed by atoms with Crippen molar-refractivity contribution < 1.29 is 9.90 Å². The maximum absolute atomic E-state index is 11.8. The standard InChI is InChI=1S/C9H5NO4S4/c11-3(12)1-2-10-4-6(15-17-8(4)13)7-5(10)9(14)18-16-7/h1-2H2,(H,11,12). The number of nitrogens with zero attached hydrogens (tertiary/aromatic N) is 1. The number of hydrogen-bond acceptors (Lipinski definition) is 7. The number of aryl methyl sites for hydroxylation is 1. The van der Waals surface area contributed by atoms with Gasteiger partial charge in [-0.15, -0.1) is 0 Å². The summed E-state index contributed by atoms with van der Waals surface area (Å²) in [5, 5.41) is 8.74. The smallest absolute Gasteiger partial charge is 0.305 e. The molecule has 0 atom stereocenters. The van der Waals surface area contributed by atoms with E-state index in [9.17, 15) is 14.4 Å². The highest BCUT2D eigenvalue weighted by molar-refractivity contribution is 7.75. The first-order valence-electron chi connectivity index (χ1n) is 4.85. The summed E-state index contributed by atoms with van der Waals surface area (Å²) < 4.78 is 2.99. The number of hydrogen-bond donors (Lipinski definition) is 1. The number of carboxylic acids is 1. The van der Waals surface area contributed by atoms with Gasteiger partial charge in [0.2, 0.25) is 0 Å². The number of rotatable bonds is 3. The maximum Gasteiger partial charge on any atom is 0.305 e. The second-order valence-electron chi connectivity index (χ2n) is 3.56. The molecule has 0 aliphatic carbocycles. The Hall–Kier alpha value is -1.03. The van der Waals surface area contributed by atoms with Gasteiger partial charge in [0, 0.05) is 6.54 Å². The third-order valence-corrected chi connectivity index (χ3v) is 7.04. The molecule has 5 nitrogen and oxygen atoms in total. The van der Waals surface area contributed by atoms with Crippen molar-refractivity contribution in [2.75, 3.05) is 0 Å². The zero-order valence-corrected chi connectivity index (χ0v) is 11.9. The molecule has 3 aromatic heterocycles. The van der Waals surface area contributed by atoms with E-state index < -0.39 is 5.97 Å². The fourth-order valence-corrected chi connectivity index (χ4v) is 6.71. The van der Waals surface area contributed by atoms with Crippen LogP contribution in [0.1, 0.15) is 6.42 Å². The molecule has 0 spiro atoms. The van der Waals surface area contributed by atoms with Crippen molar-refractivity contribution >= 4 is 67.8 Å².